The highest BCUT2D eigenvalue weighted by atomic mass is 32.2. The van der Waals surface area contributed by atoms with Crippen LogP contribution in [0.25, 0.3) is 0 Å². The maximum absolute atomic E-state index is 13.9. The number of carbonyl (C=O) groups is 3. The van der Waals surface area contributed by atoms with Crippen molar-refractivity contribution >= 4 is 40.2 Å². The van der Waals surface area contributed by atoms with Gasteiger partial charge in [0.25, 0.3) is 5.24 Å². The predicted octanol–water partition coefficient (Wildman–Crippen LogP) is 5.15. The van der Waals surface area contributed by atoms with Crippen molar-refractivity contribution < 1.29 is 29.0 Å². The molecule has 0 radical (unpaired) electrons. The van der Waals surface area contributed by atoms with Gasteiger partial charge in [0.1, 0.15) is 12.1 Å². The number of aliphatic hydroxyl groups excluding tert-OH is 1. The third kappa shape index (κ3) is 11.9. The molecule has 1 aromatic heterocycles. The van der Waals surface area contributed by atoms with Crippen LogP contribution in [0, 0.1) is 5.92 Å². The summed E-state index contributed by atoms with van der Waals surface area (Å²) in [4.78, 5) is 49.7. The number of benzene rings is 2. The maximum atomic E-state index is 13.9. The highest BCUT2D eigenvalue weighted by Crippen LogP contribution is 2.33. The zero-order chi connectivity index (χ0) is 39.0. The second kappa shape index (κ2) is 18.8. The minimum Gasteiger partial charge on any atom is -0.454 e. The van der Waals surface area contributed by atoms with E-state index in [4.69, 9.17) is 9.47 Å². The molecule has 2 aliphatic heterocycles. The molecule has 294 valence electrons. The fourth-order valence-corrected chi connectivity index (χ4v) is 8.10. The standard InChI is InChI=1S/C40H56N6O6S2/c1-25(2)35(43-39(50)54-23-29-22-53-38(41-29)26(3)4)37(49)42-30(17-27-11-9-8-10-12-27)32(47)21-46-16-15-45(20-31(46)36(48)44-40(5,6)7)19-28-13-14-33-34(18-28)52-24-51-33/h8-14,18,22,25-26,30-32,35,47H,15-17,19-21,23-24H2,1-7H3,(H,42,49)(H,43,50)(H,44,48)/t30-,31-,32-,35-/m0/s1. The lowest BCUT2D eigenvalue weighted by atomic mass is 9.97. The fourth-order valence-electron chi connectivity index (χ4n) is 6.53. The Morgan fingerprint density at radius 3 is 2.43 bits per heavy atom. The molecule has 0 bridgehead atoms. The Morgan fingerprint density at radius 1 is 1.00 bits per heavy atom. The SMILES string of the molecule is CC(C)c1nc(CSC(=O)N[C@H](C(=O)N[C@@H](Cc2ccccc2)[C@@H](O)CN2CCN(Cc3ccc4c(c3)OCO4)C[C@H]2C(=O)NC(C)(C)C)C(C)C)cs1. The first-order chi connectivity index (χ1) is 25.6. The maximum Gasteiger partial charge on any atom is 0.280 e. The number of thiazole rings is 1. The van der Waals surface area contributed by atoms with E-state index in [-0.39, 0.29) is 36.3 Å². The zero-order valence-electron chi connectivity index (χ0n) is 32.5. The summed E-state index contributed by atoms with van der Waals surface area (Å²) in [5, 5.41) is 23.7. The first-order valence-corrected chi connectivity index (χ1v) is 20.6. The molecule has 3 aromatic rings. The minimum atomic E-state index is -1.02. The van der Waals surface area contributed by atoms with Crippen molar-refractivity contribution in [3.63, 3.8) is 0 Å². The first-order valence-electron chi connectivity index (χ1n) is 18.7. The summed E-state index contributed by atoms with van der Waals surface area (Å²) in [6.45, 7) is 16.5. The average molecular weight is 781 g/mol. The Morgan fingerprint density at radius 2 is 1.74 bits per heavy atom. The topological polar surface area (TPSA) is 145 Å². The number of hydrogen-bond acceptors (Lipinski definition) is 11. The molecule has 5 rings (SSSR count). The summed E-state index contributed by atoms with van der Waals surface area (Å²) in [7, 11) is 0. The monoisotopic (exact) mass is 780 g/mol. The molecule has 3 heterocycles. The Kier molecular flexibility index (Phi) is 14.4. The lowest BCUT2D eigenvalue weighted by Gasteiger charge is -2.43. The van der Waals surface area contributed by atoms with E-state index < -0.39 is 29.8 Å². The smallest absolute Gasteiger partial charge is 0.280 e. The van der Waals surface area contributed by atoms with Crippen molar-refractivity contribution in [3.8, 4) is 11.5 Å². The number of ether oxygens (including phenoxy) is 2. The van der Waals surface area contributed by atoms with Gasteiger partial charge in [-0.3, -0.25) is 24.2 Å². The van der Waals surface area contributed by atoms with Gasteiger partial charge in [0.2, 0.25) is 18.6 Å². The third-order valence-corrected chi connectivity index (χ3v) is 11.4. The fraction of sp³-hybridized carbons (Fsp3) is 0.550. The predicted molar refractivity (Wildman–Crippen MR) is 214 cm³/mol. The van der Waals surface area contributed by atoms with Crippen LogP contribution in [0.5, 0.6) is 11.5 Å². The number of β-amino-alcohol motifs (C(OH)–C–C–N with tert-alkyl or cyclic N) is 1. The molecule has 0 aliphatic carbocycles. The van der Waals surface area contributed by atoms with Crippen LogP contribution in [0.15, 0.2) is 53.9 Å². The molecule has 54 heavy (non-hydrogen) atoms. The lowest BCUT2D eigenvalue weighted by Crippen LogP contribution is -2.63. The van der Waals surface area contributed by atoms with Crippen molar-refractivity contribution in [2.45, 2.75) is 103 Å². The highest BCUT2D eigenvalue weighted by Gasteiger charge is 2.37. The van der Waals surface area contributed by atoms with Crippen LogP contribution in [0.3, 0.4) is 0 Å². The van der Waals surface area contributed by atoms with E-state index in [1.807, 2.05) is 93.4 Å². The number of piperazine rings is 1. The summed E-state index contributed by atoms with van der Waals surface area (Å²) in [6.07, 6.45) is -0.649. The summed E-state index contributed by atoms with van der Waals surface area (Å²) in [5.74, 6) is 1.47. The molecule has 4 N–H and O–H groups in total. The van der Waals surface area contributed by atoms with Gasteiger partial charge in [-0.2, -0.15) is 0 Å². The quantitative estimate of drug-likeness (QED) is 0.164. The molecule has 2 aliphatic rings. The number of nitrogens with one attached hydrogen (secondary N) is 3. The first kappa shape index (κ1) is 41.5. The van der Waals surface area contributed by atoms with Crippen molar-refractivity contribution in [2.75, 3.05) is 33.0 Å². The zero-order valence-corrected chi connectivity index (χ0v) is 34.1. The van der Waals surface area contributed by atoms with Gasteiger partial charge in [0, 0.05) is 55.3 Å². The third-order valence-electron chi connectivity index (χ3n) is 9.37. The van der Waals surface area contributed by atoms with Gasteiger partial charge in [-0.15, -0.1) is 11.3 Å². The Bertz CT molecular complexity index is 1710. The average Bonchev–Trinajstić information content (AvgIpc) is 3.79. The van der Waals surface area contributed by atoms with Crippen LogP contribution < -0.4 is 25.4 Å². The van der Waals surface area contributed by atoms with Crippen LogP contribution in [-0.4, -0.2) is 99.7 Å². The van der Waals surface area contributed by atoms with E-state index in [0.29, 0.717) is 44.3 Å². The molecule has 14 heteroatoms. The van der Waals surface area contributed by atoms with Gasteiger partial charge in [-0.05, 0) is 56.4 Å². The van der Waals surface area contributed by atoms with Crippen molar-refractivity contribution in [3.05, 3.63) is 75.7 Å². The number of amides is 3. The van der Waals surface area contributed by atoms with E-state index in [2.05, 4.69) is 39.7 Å². The van der Waals surface area contributed by atoms with E-state index in [0.717, 1.165) is 45.1 Å². The van der Waals surface area contributed by atoms with Crippen LogP contribution in [0.4, 0.5) is 4.79 Å². The second-order valence-corrected chi connectivity index (χ2v) is 17.7. The molecular formula is C40H56N6O6S2. The van der Waals surface area contributed by atoms with Crippen molar-refractivity contribution in [1.29, 1.82) is 0 Å². The van der Waals surface area contributed by atoms with Crippen molar-refractivity contribution in [2.24, 2.45) is 5.92 Å². The van der Waals surface area contributed by atoms with Crippen LogP contribution >= 0.6 is 23.1 Å². The van der Waals surface area contributed by atoms with Gasteiger partial charge in [-0.1, -0.05) is 75.9 Å². The van der Waals surface area contributed by atoms with E-state index in [9.17, 15) is 19.5 Å². The van der Waals surface area contributed by atoms with Crippen molar-refractivity contribution in [1.82, 2.24) is 30.7 Å². The largest absolute Gasteiger partial charge is 0.454 e. The van der Waals surface area contributed by atoms with Gasteiger partial charge >= 0.3 is 0 Å². The molecular weight excluding hydrogens is 725 g/mol. The highest BCUT2D eigenvalue weighted by molar-refractivity contribution is 8.12. The molecule has 2 aromatic carbocycles. The summed E-state index contributed by atoms with van der Waals surface area (Å²) in [5.41, 5.74) is 2.39. The summed E-state index contributed by atoms with van der Waals surface area (Å²) >= 11 is 2.67. The molecule has 0 spiro atoms. The van der Waals surface area contributed by atoms with Crippen LogP contribution in [-0.2, 0) is 28.3 Å². The Hall–Kier alpha value is -3.69. The number of carbonyl (C=O) groups excluding carboxylic acids is 3. The molecule has 12 nitrogen and oxygen atoms in total. The number of aliphatic hydroxyl groups is 1. The summed E-state index contributed by atoms with van der Waals surface area (Å²) in [6, 6.07) is 13.6. The Balaban J connectivity index is 1.27. The minimum absolute atomic E-state index is 0.119. The molecule has 3 amide bonds. The molecule has 0 unspecified atom stereocenters. The van der Waals surface area contributed by atoms with Gasteiger partial charge in [0.15, 0.2) is 11.5 Å². The van der Waals surface area contributed by atoms with Crippen LogP contribution in [0.2, 0.25) is 0 Å². The number of thioether (sulfide) groups is 1. The van der Waals surface area contributed by atoms with Gasteiger partial charge in [-0.25, -0.2) is 4.98 Å². The van der Waals surface area contributed by atoms with Gasteiger partial charge < -0.3 is 30.5 Å². The number of rotatable bonds is 15. The Labute approximate surface area is 327 Å². The summed E-state index contributed by atoms with van der Waals surface area (Å²) < 4.78 is 11.1. The van der Waals surface area contributed by atoms with E-state index >= 15 is 0 Å². The van der Waals surface area contributed by atoms with E-state index in [1.54, 1.807) is 11.3 Å². The molecule has 4 atom stereocenters. The molecule has 0 saturated carbocycles. The number of nitrogens with zero attached hydrogens (tertiary/aromatic N) is 3. The normalized spacial score (nSPS) is 18.0. The van der Waals surface area contributed by atoms with Crippen LogP contribution in [0.1, 0.15) is 76.2 Å². The number of fused-ring (bicyclic) bond motifs is 1. The molecule has 1 fully saturated rings. The number of hydrogen-bond donors (Lipinski definition) is 4. The molecule has 1 saturated heterocycles. The van der Waals surface area contributed by atoms with E-state index in [1.165, 1.54) is 0 Å². The van der Waals surface area contributed by atoms with Gasteiger partial charge in [0.05, 0.1) is 22.8 Å². The lowest BCUT2D eigenvalue weighted by molar-refractivity contribution is -0.132. The second-order valence-electron chi connectivity index (χ2n) is 15.8. The number of aromatic nitrogens is 1.